The number of rotatable bonds is 7. The van der Waals surface area contributed by atoms with Crippen LogP contribution in [0.5, 0.6) is 0 Å². The summed E-state index contributed by atoms with van der Waals surface area (Å²) in [6.45, 7) is 3.09. The minimum atomic E-state index is -0.122. The molecule has 0 radical (unpaired) electrons. The van der Waals surface area contributed by atoms with Crippen molar-refractivity contribution < 1.29 is 14.4 Å². The SMILES string of the molecule is CCCCCNC(=O)c1ccc(CN2C(=O)CCC2=O)cc1. The Morgan fingerprint density at radius 3 is 2.32 bits per heavy atom. The molecule has 1 fully saturated rings. The molecule has 1 aliphatic rings. The van der Waals surface area contributed by atoms with E-state index in [4.69, 9.17) is 0 Å². The van der Waals surface area contributed by atoms with E-state index in [0.29, 0.717) is 24.9 Å². The Balaban J connectivity index is 1.88. The summed E-state index contributed by atoms with van der Waals surface area (Å²) in [6.07, 6.45) is 3.82. The van der Waals surface area contributed by atoms with Crippen molar-refractivity contribution in [2.24, 2.45) is 0 Å². The van der Waals surface area contributed by atoms with Gasteiger partial charge in [0.05, 0.1) is 6.54 Å². The number of carbonyl (C=O) groups excluding carboxylic acids is 3. The fourth-order valence-corrected chi connectivity index (χ4v) is 2.42. The fraction of sp³-hybridized carbons (Fsp3) is 0.471. The molecule has 0 spiro atoms. The van der Waals surface area contributed by atoms with E-state index in [-0.39, 0.29) is 24.3 Å². The molecule has 0 aliphatic carbocycles. The summed E-state index contributed by atoms with van der Waals surface area (Å²) >= 11 is 0. The van der Waals surface area contributed by atoms with Crippen molar-refractivity contribution in [3.63, 3.8) is 0 Å². The zero-order chi connectivity index (χ0) is 15.9. The first kappa shape index (κ1) is 16.2. The summed E-state index contributed by atoms with van der Waals surface area (Å²) in [5.41, 5.74) is 1.45. The monoisotopic (exact) mass is 302 g/mol. The van der Waals surface area contributed by atoms with Gasteiger partial charge in [-0.05, 0) is 24.1 Å². The lowest BCUT2D eigenvalue weighted by Crippen LogP contribution is -2.28. The molecule has 0 aromatic heterocycles. The Morgan fingerprint density at radius 1 is 1.09 bits per heavy atom. The molecule has 0 saturated carbocycles. The van der Waals surface area contributed by atoms with Crippen LogP contribution >= 0.6 is 0 Å². The van der Waals surface area contributed by atoms with Gasteiger partial charge in [0.2, 0.25) is 11.8 Å². The molecule has 5 nitrogen and oxygen atoms in total. The Morgan fingerprint density at radius 2 is 1.73 bits per heavy atom. The first-order valence-electron chi connectivity index (χ1n) is 7.82. The highest BCUT2D eigenvalue weighted by Crippen LogP contribution is 2.16. The third kappa shape index (κ3) is 4.16. The number of amides is 3. The highest BCUT2D eigenvalue weighted by atomic mass is 16.2. The van der Waals surface area contributed by atoms with Gasteiger partial charge >= 0.3 is 0 Å². The normalized spacial score (nSPS) is 14.5. The first-order chi connectivity index (χ1) is 10.6. The van der Waals surface area contributed by atoms with E-state index < -0.39 is 0 Å². The summed E-state index contributed by atoms with van der Waals surface area (Å²) < 4.78 is 0. The molecular weight excluding hydrogens is 280 g/mol. The number of hydrogen-bond acceptors (Lipinski definition) is 3. The van der Waals surface area contributed by atoms with Crippen LogP contribution in [0, 0.1) is 0 Å². The van der Waals surface area contributed by atoms with Gasteiger partial charge in [-0.3, -0.25) is 19.3 Å². The Hall–Kier alpha value is -2.17. The summed E-state index contributed by atoms with van der Waals surface area (Å²) in [4.78, 5) is 36.4. The van der Waals surface area contributed by atoms with Crippen molar-refractivity contribution in [3.8, 4) is 0 Å². The highest BCUT2D eigenvalue weighted by molar-refractivity contribution is 6.01. The van der Waals surface area contributed by atoms with E-state index in [0.717, 1.165) is 24.8 Å². The van der Waals surface area contributed by atoms with Gasteiger partial charge in [-0.15, -0.1) is 0 Å². The second-order valence-electron chi connectivity index (χ2n) is 5.53. The van der Waals surface area contributed by atoms with Crippen molar-refractivity contribution in [2.75, 3.05) is 6.54 Å². The number of unbranched alkanes of at least 4 members (excludes halogenated alkanes) is 2. The van der Waals surface area contributed by atoms with Crippen LogP contribution in [0.4, 0.5) is 0 Å². The van der Waals surface area contributed by atoms with Gasteiger partial charge in [0.15, 0.2) is 0 Å². The minimum absolute atomic E-state index is 0.0871. The summed E-state index contributed by atoms with van der Waals surface area (Å²) in [6, 6.07) is 7.05. The topological polar surface area (TPSA) is 66.5 Å². The molecule has 1 saturated heterocycles. The highest BCUT2D eigenvalue weighted by Gasteiger charge is 2.28. The number of carbonyl (C=O) groups is 3. The van der Waals surface area contributed by atoms with Crippen LogP contribution < -0.4 is 5.32 Å². The van der Waals surface area contributed by atoms with Gasteiger partial charge in [0, 0.05) is 24.9 Å². The third-order valence-corrected chi connectivity index (χ3v) is 3.78. The Labute approximate surface area is 130 Å². The molecule has 22 heavy (non-hydrogen) atoms. The number of hydrogen-bond donors (Lipinski definition) is 1. The van der Waals surface area contributed by atoms with Gasteiger partial charge in [0.1, 0.15) is 0 Å². The van der Waals surface area contributed by atoms with Crippen LogP contribution in [0.1, 0.15) is 54.9 Å². The molecule has 1 N–H and O–H groups in total. The van der Waals surface area contributed by atoms with Crippen molar-refractivity contribution in [3.05, 3.63) is 35.4 Å². The van der Waals surface area contributed by atoms with E-state index in [9.17, 15) is 14.4 Å². The third-order valence-electron chi connectivity index (χ3n) is 3.78. The van der Waals surface area contributed by atoms with Crippen molar-refractivity contribution in [1.82, 2.24) is 10.2 Å². The van der Waals surface area contributed by atoms with Crippen molar-refractivity contribution in [2.45, 2.75) is 45.6 Å². The molecule has 3 amide bonds. The predicted octanol–water partition coefficient (Wildman–Crippen LogP) is 2.26. The van der Waals surface area contributed by atoms with Gasteiger partial charge in [-0.2, -0.15) is 0 Å². The molecule has 0 atom stereocenters. The number of imide groups is 1. The van der Waals surface area contributed by atoms with Crippen LogP contribution in [-0.4, -0.2) is 29.2 Å². The molecule has 0 bridgehead atoms. The van der Waals surface area contributed by atoms with Gasteiger partial charge in [0.25, 0.3) is 5.91 Å². The zero-order valence-corrected chi connectivity index (χ0v) is 12.9. The largest absolute Gasteiger partial charge is 0.352 e. The van der Waals surface area contributed by atoms with Crippen LogP contribution in [0.15, 0.2) is 24.3 Å². The number of nitrogens with one attached hydrogen (secondary N) is 1. The molecule has 1 aliphatic heterocycles. The van der Waals surface area contributed by atoms with Gasteiger partial charge in [-0.1, -0.05) is 31.9 Å². The van der Waals surface area contributed by atoms with E-state index in [2.05, 4.69) is 12.2 Å². The first-order valence-corrected chi connectivity index (χ1v) is 7.82. The maximum absolute atomic E-state index is 11.9. The second kappa shape index (κ2) is 7.73. The van der Waals surface area contributed by atoms with Crippen LogP contribution in [0.25, 0.3) is 0 Å². The molecule has 118 valence electrons. The second-order valence-corrected chi connectivity index (χ2v) is 5.53. The van der Waals surface area contributed by atoms with E-state index in [1.807, 2.05) is 0 Å². The number of benzene rings is 1. The maximum Gasteiger partial charge on any atom is 0.251 e. The lowest BCUT2D eigenvalue weighted by molar-refractivity contribution is -0.139. The fourth-order valence-electron chi connectivity index (χ4n) is 2.42. The molecule has 1 aromatic carbocycles. The lowest BCUT2D eigenvalue weighted by atomic mass is 10.1. The molecule has 1 heterocycles. The van der Waals surface area contributed by atoms with E-state index >= 15 is 0 Å². The molecule has 5 heteroatoms. The van der Waals surface area contributed by atoms with Gasteiger partial charge < -0.3 is 5.32 Å². The molecule has 2 rings (SSSR count). The van der Waals surface area contributed by atoms with Crippen LogP contribution in [0.3, 0.4) is 0 Å². The summed E-state index contributed by atoms with van der Waals surface area (Å²) in [5.74, 6) is -0.332. The number of likely N-dealkylation sites (tertiary alicyclic amines) is 1. The predicted molar refractivity (Wildman–Crippen MR) is 83.1 cm³/mol. The van der Waals surface area contributed by atoms with Crippen molar-refractivity contribution >= 4 is 17.7 Å². The van der Waals surface area contributed by atoms with Gasteiger partial charge in [-0.25, -0.2) is 0 Å². The lowest BCUT2D eigenvalue weighted by Gasteiger charge is -2.14. The Kier molecular flexibility index (Phi) is 5.69. The molecule has 0 unspecified atom stereocenters. The average Bonchev–Trinajstić information content (AvgIpc) is 2.84. The average molecular weight is 302 g/mol. The molecule has 1 aromatic rings. The van der Waals surface area contributed by atoms with Crippen molar-refractivity contribution in [1.29, 1.82) is 0 Å². The van der Waals surface area contributed by atoms with E-state index in [1.54, 1.807) is 24.3 Å². The smallest absolute Gasteiger partial charge is 0.251 e. The quantitative estimate of drug-likeness (QED) is 0.620. The summed E-state index contributed by atoms with van der Waals surface area (Å²) in [5, 5.41) is 2.88. The zero-order valence-electron chi connectivity index (χ0n) is 12.9. The maximum atomic E-state index is 11.9. The summed E-state index contributed by atoms with van der Waals surface area (Å²) in [7, 11) is 0. The van der Waals surface area contributed by atoms with E-state index in [1.165, 1.54) is 4.90 Å². The molecular formula is C17H22N2O3. The minimum Gasteiger partial charge on any atom is -0.352 e. The van der Waals surface area contributed by atoms with Crippen LogP contribution in [0.2, 0.25) is 0 Å². The standard InChI is InChI=1S/C17H22N2O3/c1-2-3-4-11-18-17(22)14-7-5-13(6-8-14)12-19-15(20)9-10-16(19)21/h5-8H,2-4,9-12H2,1H3,(H,18,22). The van der Waals surface area contributed by atoms with Crippen LogP contribution in [-0.2, 0) is 16.1 Å². The number of nitrogens with zero attached hydrogens (tertiary/aromatic N) is 1. The Bertz CT molecular complexity index is 536.